The zero-order valence-electron chi connectivity index (χ0n) is 12.5. The summed E-state index contributed by atoms with van der Waals surface area (Å²) in [5.74, 6) is 0.581. The molecule has 1 aliphatic rings. The van der Waals surface area contributed by atoms with Crippen LogP contribution in [-0.4, -0.2) is 38.3 Å². The van der Waals surface area contributed by atoms with E-state index in [4.69, 9.17) is 4.52 Å². The quantitative estimate of drug-likeness (QED) is 0.739. The number of rotatable bonds is 4. The summed E-state index contributed by atoms with van der Waals surface area (Å²) in [5.41, 5.74) is 0.376. The van der Waals surface area contributed by atoms with Crippen LogP contribution in [-0.2, 0) is 6.54 Å². The van der Waals surface area contributed by atoms with Gasteiger partial charge in [-0.1, -0.05) is 11.2 Å². The largest absolute Gasteiger partial charge is 0.355 e. The summed E-state index contributed by atoms with van der Waals surface area (Å²) < 4.78 is 7.20. The topological polar surface area (TPSA) is 64.2 Å². The molecule has 7 heteroatoms. The van der Waals surface area contributed by atoms with Crippen LogP contribution in [0.2, 0.25) is 0 Å². The molecule has 0 N–H and O–H groups in total. The molecule has 4 heterocycles. The van der Waals surface area contributed by atoms with Crippen molar-refractivity contribution in [2.24, 2.45) is 0 Å². The van der Waals surface area contributed by atoms with Crippen molar-refractivity contribution in [1.82, 2.24) is 19.8 Å². The lowest BCUT2D eigenvalue weighted by molar-refractivity contribution is 0.0711. The molecule has 23 heavy (non-hydrogen) atoms. The van der Waals surface area contributed by atoms with Gasteiger partial charge in [0.25, 0.3) is 5.91 Å². The third-order valence-electron chi connectivity index (χ3n) is 4.09. The van der Waals surface area contributed by atoms with Gasteiger partial charge in [0.05, 0.1) is 17.5 Å². The fourth-order valence-electron chi connectivity index (χ4n) is 2.98. The molecule has 0 bridgehead atoms. The van der Waals surface area contributed by atoms with Crippen LogP contribution in [0.5, 0.6) is 0 Å². The lowest BCUT2D eigenvalue weighted by atomic mass is 10.2. The monoisotopic (exact) mass is 328 g/mol. The van der Waals surface area contributed by atoms with Gasteiger partial charge in [-0.15, -0.1) is 11.3 Å². The van der Waals surface area contributed by atoms with Gasteiger partial charge in [0.2, 0.25) is 0 Å². The van der Waals surface area contributed by atoms with Crippen molar-refractivity contribution in [2.45, 2.75) is 25.4 Å². The maximum atomic E-state index is 12.7. The minimum absolute atomic E-state index is 0.0637. The molecule has 3 aromatic rings. The van der Waals surface area contributed by atoms with Crippen molar-refractivity contribution in [1.29, 1.82) is 0 Å². The zero-order chi connectivity index (χ0) is 15.6. The number of likely N-dealkylation sites (tertiary alicyclic amines) is 1. The van der Waals surface area contributed by atoms with Crippen molar-refractivity contribution < 1.29 is 9.32 Å². The maximum absolute atomic E-state index is 12.7. The number of aromatic nitrogens is 3. The standard InChI is InChI=1S/C16H16N4O2S/c21-16(13-10-14(22-18-13)15-5-2-9-23-15)20-8-1-4-12(20)11-19-7-3-6-17-19/h2-3,5-7,9-10,12H,1,4,8,11H2/t12-/m0/s1. The number of amides is 1. The highest BCUT2D eigenvalue weighted by Crippen LogP contribution is 2.27. The van der Waals surface area contributed by atoms with E-state index in [9.17, 15) is 4.79 Å². The normalized spacial score (nSPS) is 17.7. The maximum Gasteiger partial charge on any atom is 0.276 e. The average Bonchev–Trinajstić information content (AvgIpc) is 3.33. The molecular formula is C16H16N4O2S. The summed E-state index contributed by atoms with van der Waals surface area (Å²) in [4.78, 5) is 15.6. The number of carbonyl (C=O) groups excluding carboxylic acids is 1. The zero-order valence-corrected chi connectivity index (χ0v) is 13.3. The highest BCUT2D eigenvalue weighted by atomic mass is 32.1. The second-order valence-corrected chi connectivity index (χ2v) is 6.52. The van der Waals surface area contributed by atoms with Crippen LogP contribution in [0.3, 0.4) is 0 Å². The van der Waals surface area contributed by atoms with Crippen molar-refractivity contribution in [3.05, 3.63) is 47.7 Å². The molecule has 0 aromatic carbocycles. The average molecular weight is 328 g/mol. The van der Waals surface area contributed by atoms with Crippen LogP contribution in [0.1, 0.15) is 23.3 Å². The summed E-state index contributed by atoms with van der Waals surface area (Å²) in [7, 11) is 0. The van der Waals surface area contributed by atoms with Gasteiger partial charge in [-0.3, -0.25) is 9.48 Å². The Kier molecular flexibility index (Phi) is 3.70. The molecule has 1 saturated heterocycles. The molecule has 0 radical (unpaired) electrons. The summed E-state index contributed by atoms with van der Waals surface area (Å²) in [5, 5.41) is 10.2. The van der Waals surface area contributed by atoms with E-state index in [1.54, 1.807) is 23.6 Å². The Morgan fingerprint density at radius 3 is 3.17 bits per heavy atom. The van der Waals surface area contributed by atoms with Gasteiger partial charge in [0.15, 0.2) is 11.5 Å². The first kappa shape index (κ1) is 14.2. The molecule has 4 rings (SSSR count). The number of carbonyl (C=O) groups is 1. The first-order chi connectivity index (χ1) is 11.3. The minimum Gasteiger partial charge on any atom is -0.355 e. The summed E-state index contributed by atoms with van der Waals surface area (Å²) in [6.07, 6.45) is 5.67. The summed E-state index contributed by atoms with van der Waals surface area (Å²) in [6, 6.07) is 7.69. The van der Waals surface area contributed by atoms with Crippen LogP contribution in [0.25, 0.3) is 10.6 Å². The van der Waals surface area contributed by atoms with Gasteiger partial charge >= 0.3 is 0 Å². The molecule has 3 aromatic heterocycles. The van der Waals surface area contributed by atoms with E-state index in [-0.39, 0.29) is 11.9 Å². The van der Waals surface area contributed by atoms with Gasteiger partial charge in [-0.25, -0.2) is 0 Å². The Labute approximate surface area is 137 Å². The molecule has 118 valence electrons. The molecule has 0 saturated carbocycles. The molecule has 6 nitrogen and oxygen atoms in total. The molecule has 1 fully saturated rings. The molecule has 1 atom stereocenters. The van der Waals surface area contributed by atoms with Crippen molar-refractivity contribution >= 4 is 17.2 Å². The second kappa shape index (κ2) is 6.00. The van der Waals surface area contributed by atoms with Gasteiger partial charge in [-0.2, -0.15) is 5.10 Å². The first-order valence-corrected chi connectivity index (χ1v) is 8.48. The van der Waals surface area contributed by atoms with Crippen molar-refractivity contribution in [3.8, 4) is 10.6 Å². The Balaban J connectivity index is 1.51. The fourth-order valence-corrected chi connectivity index (χ4v) is 3.65. The third kappa shape index (κ3) is 2.79. The van der Waals surface area contributed by atoms with Crippen LogP contribution < -0.4 is 0 Å². The van der Waals surface area contributed by atoms with E-state index in [2.05, 4.69) is 10.3 Å². The van der Waals surface area contributed by atoms with Crippen molar-refractivity contribution in [2.75, 3.05) is 6.54 Å². The minimum atomic E-state index is -0.0637. The molecule has 1 amide bonds. The van der Waals surface area contributed by atoms with Gasteiger partial charge in [0, 0.05) is 25.0 Å². The van der Waals surface area contributed by atoms with Gasteiger partial charge in [0.1, 0.15) is 0 Å². The lowest BCUT2D eigenvalue weighted by Crippen LogP contribution is -2.38. The molecular weight excluding hydrogens is 312 g/mol. The Morgan fingerprint density at radius 2 is 2.39 bits per heavy atom. The summed E-state index contributed by atoms with van der Waals surface area (Å²) >= 11 is 1.57. The molecule has 1 aliphatic heterocycles. The van der Waals surface area contributed by atoms with E-state index >= 15 is 0 Å². The molecule has 0 unspecified atom stereocenters. The van der Waals surface area contributed by atoms with Crippen LogP contribution in [0, 0.1) is 0 Å². The third-order valence-corrected chi connectivity index (χ3v) is 4.97. The van der Waals surface area contributed by atoms with E-state index < -0.39 is 0 Å². The highest BCUT2D eigenvalue weighted by molar-refractivity contribution is 7.13. The second-order valence-electron chi connectivity index (χ2n) is 5.58. The summed E-state index contributed by atoms with van der Waals surface area (Å²) in [6.45, 7) is 1.47. The molecule has 0 aliphatic carbocycles. The van der Waals surface area contributed by atoms with E-state index in [1.807, 2.05) is 39.4 Å². The van der Waals surface area contributed by atoms with Gasteiger partial charge < -0.3 is 9.42 Å². The smallest absolute Gasteiger partial charge is 0.276 e. The molecule has 0 spiro atoms. The Bertz CT molecular complexity index is 779. The van der Waals surface area contributed by atoms with E-state index in [1.165, 1.54) is 0 Å². The highest BCUT2D eigenvalue weighted by Gasteiger charge is 2.31. The number of nitrogens with zero attached hydrogens (tertiary/aromatic N) is 4. The lowest BCUT2D eigenvalue weighted by Gasteiger charge is -2.23. The van der Waals surface area contributed by atoms with Crippen LogP contribution in [0.15, 0.2) is 46.6 Å². The van der Waals surface area contributed by atoms with Crippen LogP contribution >= 0.6 is 11.3 Å². The predicted octanol–water partition coefficient (Wildman–Crippen LogP) is 2.90. The first-order valence-electron chi connectivity index (χ1n) is 7.60. The van der Waals surface area contributed by atoms with Gasteiger partial charge in [-0.05, 0) is 30.4 Å². The van der Waals surface area contributed by atoms with E-state index in [0.29, 0.717) is 18.0 Å². The number of thiophene rings is 1. The Hall–Kier alpha value is -2.41. The van der Waals surface area contributed by atoms with Crippen LogP contribution in [0.4, 0.5) is 0 Å². The number of hydrogen-bond acceptors (Lipinski definition) is 5. The fraction of sp³-hybridized carbons (Fsp3) is 0.312. The Morgan fingerprint density at radius 1 is 1.43 bits per heavy atom. The SMILES string of the molecule is O=C(c1cc(-c2cccs2)on1)N1CCC[C@H]1Cn1cccn1. The van der Waals surface area contributed by atoms with Crippen molar-refractivity contribution in [3.63, 3.8) is 0 Å². The van der Waals surface area contributed by atoms with E-state index in [0.717, 1.165) is 24.3 Å². The number of hydrogen-bond donors (Lipinski definition) is 0. The predicted molar refractivity (Wildman–Crippen MR) is 86.1 cm³/mol.